The number of hydrogen-bond donors (Lipinski definition) is 1. The third-order valence-corrected chi connectivity index (χ3v) is 2.58. The number of carbonyl (C=O) groups excluding carboxylic acids is 2. The minimum Gasteiger partial charge on any atom is -0.366 e. The topological polar surface area (TPSA) is 60.2 Å². The van der Waals surface area contributed by atoms with Gasteiger partial charge in [-0.2, -0.15) is 0 Å². The molecule has 1 amide bonds. The Morgan fingerprint density at radius 3 is 2.31 bits per heavy atom. The SMILES string of the molecule is NC(=O)C=Cc1ccc(C(=O)C2CC2)cc1. The van der Waals surface area contributed by atoms with Crippen molar-refractivity contribution in [1.29, 1.82) is 0 Å². The molecule has 0 saturated heterocycles. The van der Waals surface area contributed by atoms with Gasteiger partial charge in [-0.1, -0.05) is 24.3 Å². The van der Waals surface area contributed by atoms with Crippen LogP contribution >= 0.6 is 0 Å². The molecule has 1 aliphatic carbocycles. The first-order valence-electron chi connectivity index (χ1n) is 5.28. The molecule has 0 bridgehead atoms. The lowest BCUT2D eigenvalue weighted by atomic mass is 10.1. The standard InChI is InChI=1S/C13H13NO2/c14-12(15)8-3-9-1-4-10(5-2-9)13(16)11-6-7-11/h1-5,8,11H,6-7H2,(H2,14,15). The van der Waals surface area contributed by atoms with Gasteiger partial charge in [0, 0.05) is 17.6 Å². The lowest BCUT2D eigenvalue weighted by molar-refractivity contribution is -0.113. The summed E-state index contributed by atoms with van der Waals surface area (Å²) in [4.78, 5) is 22.2. The number of Topliss-reactive ketones (excluding diaryl/α,β-unsaturated/α-hetero) is 1. The summed E-state index contributed by atoms with van der Waals surface area (Å²) in [6.07, 6.45) is 4.97. The van der Waals surface area contributed by atoms with E-state index in [1.807, 2.05) is 12.1 Å². The Morgan fingerprint density at radius 1 is 1.19 bits per heavy atom. The highest BCUT2D eigenvalue weighted by atomic mass is 16.1. The van der Waals surface area contributed by atoms with Crippen molar-refractivity contribution in [3.05, 3.63) is 41.5 Å². The Bertz CT molecular complexity index is 442. The average Bonchev–Trinajstić information content (AvgIpc) is 3.10. The van der Waals surface area contributed by atoms with E-state index in [9.17, 15) is 9.59 Å². The number of carbonyl (C=O) groups is 2. The molecule has 1 saturated carbocycles. The molecule has 0 spiro atoms. The van der Waals surface area contributed by atoms with Crippen molar-refractivity contribution in [2.45, 2.75) is 12.8 Å². The molecule has 1 aromatic rings. The fourth-order valence-corrected chi connectivity index (χ4v) is 1.52. The average molecular weight is 215 g/mol. The van der Waals surface area contributed by atoms with Crippen LogP contribution in [0.3, 0.4) is 0 Å². The number of primary amides is 1. The van der Waals surface area contributed by atoms with Crippen LogP contribution in [0.2, 0.25) is 0 Å². The molecule has 16 heavy (non-hydrogen) atoms. The normalized spacial score (nSPS) is 15.2. The first-order valence-corrected chi connectivity index (χ1v) is 5.28. The van der Waals surface area contributed by atoms with Crippen LogP contribution in [0.1, 0.15) is 28.8 Å². The quantitative estimate of drug-likeness (QED) is 0.614. The highest BCUT2D eigenvalue weighted by molar-refractivity contribution is 5.99. The smallest absolute Gasteiger partial charge is 0.241 e. The van der Waals surface area contributed by atoms with E-state index in [4.69, 9.17) is 5.73 Å². The minimum atomic E-state index is -0.474. The molecular weight excluding hydrogens is 202 g/mol. The van der Waals surface area contributed by atoms with Crippen LogP contribution in [0, 0.1) is 5.92 Å². The van der Waals surface area contributed by atoms with Crippen molar-refractivity contribution in [2.75, 3.05) is 0 Å². The molecule has 0 aromatic heterocycles. The summed E-state index contributed by atoms with van der Waals surface area (Å²) in [6.45, 7) is 0. The molecule has 2 rings (SSSR count). The number of ketones is 1. The van der Waals surface area contributed by atoms with Crippen LogP contribution in [0.25, 0.3) is 6.08 Å². The number of amides is 1. The van der Waals surface area contributed by atoms with Crippen LogP contribution in [-0.4, -0.2) is 11.7 Å². The zero-order chi connectivity index (χ0) is 11.5. The van der Waals surface area contributed by atoms with Crippen molar-refractivity contribution >= 4 is 17.8 Å². The molecule has 1 aromatic carbocycles. The lowest BCUT2D eigenvalue weighted by Crippen LogP contribution is -2.05. The van der Waals surface area contributed by atoms with Crippen molar-refractivity contribution in [3.63, 3.8) is 0 Å². The molecule has 3 nitrogen and oxygen atoms in total. The molecular formula is C13H13NO2. The van der Waals surface area contributed by atoms with E-state index in [2.05, 4.69) is 0 Å². The van der Waals surface area contributed by atoms with Crippen LogP contribution in [-0.2, 0) is 4.79 Å². The van der Waals surface area contributed by atoms with Gasteiger partial charge in [0.2, 0.25) is 5.91 Å². The van der Waals surface area contributed by atoms with Crippen LogP contribution in [0.15, 0.2) is 30.3 Å². The van der Waals surface area contributed by atoms with Crippen molar-refractivity contribution < 1.29 is 9.59 Å². The van der Waals surface area contributed by atoms with Crippen molar-refractivity contribution in [1.82, 2.24) is 0 Å². The van der Waals surface area contributed by atoms with Gasteiger partial charge in [0.05, 0.1) is 0 Å². The molecule has 3 heteroatoms. The van der Waals surface area contributed by atoms with Crippen LogP contribution in [0.5, 0.6) is 0 Å². The van der Waals surface area contributed by atoms with Gasteiger partial charge in [0.15, 0.2) is 5.78 Å². The first kappa shape index (κ1) is 10.6. The molecule has 0 radical (unpaired) electrons. The maximum Gasteiger partial charge on any atom is 0.241 e. The van der Waals surface area contributed by atoms with Crippen molar-refractivity contribution in [3.8, 4) is 0 Å². The van der Waals surface area contributed by atoms with Gasteiger partial charge in [-0.25, -0.2) is 0 Å². The molecule has 0 atom stereocenters. The second-order valence-corrected chi connectivity index (χ2v) is 4.00. The van der Waals surface area contributed by atoms with Gasteiger partial charge in [-0.3, -0.25) is 9.59 Å². The van der Waals surface area contributed by atoms with Gasteiger partial charge >= 0.3 is 0 Å². The molecule has 0 aliphatic heterocycles. The first-order chi connectivity index (χ1) is 7.66. The molecule has 1 fully saturated rings. The minimum absolute atomic E-state index is 0.227. The van der Waals surface area contributed by atoms with E-state index in [0.717, 1.165) is 24.0 Å². The molecule has 1 aliphatic rings. The predicted octanol–water partition coefficient (Wildman–Crippen LogP) is 1.78. The van der Waals surface area contributed by atoms with E-state index in [1.165, 1.54) is 6.08 Å². The number of nitrogens with two attached hydrogens (primary N) is 1. The highest BCUT2D eigenvalue weighted by Crippen LogP contribution is 2.32. The highest BCUT2D eigenvalue weighted by Gasteiger charge is 2.30. The van der Waals surface area contributed by atoms with E-state index < -0.39 is 5.91 Å². The Labute approximate surface area is 94.0 Å². The number of hydrogen-bond acceptors (Lipinski definition) is 2. The summed E-state index contributed by atoms with van der Waals surface area (Å²) in [5.41, 5.74) is 6.60. The van der Waals surface area contributed by atoms with Gasteiger partial charge in [0.1, 0.15) is 0 Å². The van der Waals surface area contributed by atoms with Gasteiger partial charge in [-0.15, -0.1) is 0 Å². The zero-order valence-corrected chi connectivity index (χ0v) is 8.85. The van der Waals surface area contributed by atoms with Crippen molar-refractivity contribution in [2.24, 2.45) is 11.7 Å². The molecule has 2 N–H and O–H groups in total. The van der Waals surface area contributed by atoms with Gasteiger partial charge in [0.25, 0.3) is 0 Å². The third kappa shape index (κ3) is 2.57. The summed E-state index contributed by atoms with van der Waals surface area (Å²) in [6, 6.07) is 7.22. The van der Waals surface area contributed by atoms with Crippen LogP contribution < -0.4 is 5.73 Å². The summed E-state index contributed by atoms with van der Waals surface area (Å²) in [7, 11) is 0. The van der Waals surface area contributed by atoms with E-state index in [-0.39, 0.29) is 11.7 Å². The number of rotatable bonds is 4. The Morgan fingerprint density at radius 2 is 1.81 bits per heavy atom. The molecule has 0 heterocycles. The maximum atomic E-state index is 11.7. The molecule has 0 unspecified atom stereocenters. The van der Waals surface area contributed by atoms with Crippen LogP contribution in [0.4, 0.5) is 0 Å². The fraction of sp³-hybridized carbons (Fsp3) is 0.231. The Hall–Kier alpha value is -1.90. The second-order valence-electron chi connectivity index (χ2n) is 4.00. The fourth-order valence-electron chi connectivity index (χ4n) is 1.52. The summed E-state index contributed by atoms with van der Waals surface area (Å²) in [5, 5.41) is 0. The Balaban J connectivity index is 2.09. The maximum absolute atomic E-state index is 11.7. The lowest BCUT2D eigenvalue weighted by Gasteiger charge is -1.99. The third-order valence-electron chi connectivity index (χ3n) is 2.58. The van der Waals surface area contributed by atoms with E-state index in [0.29, 0.717) is 0 Å². The van der Waals surface area contributed by atoms with Gasteiger partial charge in [-0.05, 0) is 24.5 Å². The number of benzene rings is 1. The summed E-state index contributed by atoms with van der Waals surface area (Å²) < 4.78 is 0. The Kier molecular flexibility index (Phi) is 2.86. The monoisotopic (exact) mass is 215 g/mol. The second kappa shape index (κ2) is 4.31. The summed E-state index contributed by atoms with van der Waals surface area (Å²) >= 11 is 0. The van der Waals surface area contributed by atoms with Gasteiger partial charge < -0.3 is 5.73 Å². The largest absolute Gasteiger partial charge is 0.366 e. The zero-order valence-electron chi connectivity index (χ0n) is 8.85. The molecule has 82 valence electrons. The van der Waals surface area contributed by atoms with E-state index >= 15 is 0 Å². The van der Waals surface area contributed by atoms with E-state index in [1.54, 1.807) is 18.2 Å². The summed E-state index contributed by atoms with van der Waals surface area (Å²) in [5.74, 6) is -0.00410. The predicted molar refractivity (Wildman–Crippen MR) is 61.7 cm³/mol.